The molecule has 3 atom stereocenters. The number of esters is 2. The summed E-state index contributed by atoms with van der Waals surface area (Å²) in [5.74, 6) is -0.811. The number of hydrogen-bond donors (Lipinski definition) is 1. The lowest BCUT2D eigenvalue weighted by atomic mass is 10.0. The molecule has 0 aliphatic carbocycles. The number of ketones is 2. The fraction of sp³-hybridized carbons (Fsp3) is 0.357. The third kappa shape index (κ3) is 8.16. The molecule has 0 N–H and O–H groups in total. The molecule has 39 heavy (non-hydrogen) atoms. The number of carbonyl (C=O) groups excluding carboxylic acids is 4. The van der Waals surface area contributed by atoms with E-state index in [4.69, 9.17) is 32.7 Å². The fourth-order valence-electron chi connectivity index (χ4n) is 4.55. The largest absolute Gasteiger partial charge is 0.468 e. The Morgan fingerprint density at radius 1 is 0.872 bits per heavy atom. The number of nitrogens with zero attached hydrogens (tertiary/aromatic N) is 2. The van der Waals surface area contributed by atoms with E-state index in [2.05, 4.69) is 12.6 Å². The van der Waals surface area contributed by atoms with Crippen molar-refractivity contribution in [1.29, 1.82) is 0 Å². The number of methoxy groups -OCH3 is 2. The zero-order valence-corrected chi connectivity index (χ0v) is 24.0. The second-order valence-electron chi connectivity index (χ2n) is 9.02. The molecule has 2 aromatic rings. The number of thiol groups is 1. The van der Waals surface area contributed by atoms with E-state index < -0.39 is 24.0 Å². The average molecular weight is 594 g/mol. The molecule has 0 saturated carbocycles. The Balaban J connectivity index is 0.000000216. The molecule has 8 nitrogen and oxygen atoms in total. The van der Waals surface area contributed by atoms with Gasteiger partial charge in [0.2, 0.25) is 0 Å². The molecule has 0 amide bonds. The highest BCUT2D eigenvalue weighted by Crippen LogP contribution is 2.31. The van der Waals surface area contributed by atoms with Crippen LogP contribution in [0.15, 0.2) is 60.7 Å². The van der Waals surface area contributed by atoms with Crippen molar-refractivity contribution in [3.8, 4) is 0 Å². The standard InChI is InChI=1S/C14H16ClNO3S.C14H14ClNO3/c1-19-14(18)13(11-4-2-3-5-12(11)15)16-7-9(17)6-10(20)8-16;1-19-14(18)13(11-6-2-3-7-12(11)15)16-8-4-5-10(17)9-16/h2-5,10,13,20H,6-8H2,1H3;2-7,13H,8-9H2,1H3. The Bertz CT molecular complexity index is 1240. The lowest BCUT2D eigenvalue weighted by Gasteiger charge is -2.35. The highest BCUT2D eigenvalue weighted by molar-refractivity contribution is 7.81. The third-order valence-electron chi connectivity index (χ3n) is 6.27. The molecule has 0 bridgehead atoms. The van der Waals surface area contributed by atoms with Gasteiger partial charge in [0.05, 0.1) is 27.3 Å². The first-order valence-corrected chi connectivity index (χ1v) is 13.4. The first-order valence-electron chi connectivity index (χ1n) is 12.2. The third-order valence-corrected chi connectivity index (χ3v) is 7.30. The molecule has 1 fully saturated rings. The maximum Gasteiger partial charge on any atom is 0.327 e. The SMILES string of the molecule is COC(=O)C(c1ccccc1Cl)N1CC(=O)CC(S)C1.COC(=O)C(c1ccccc1Cl)N1CC=CC(=O)C1. The molecule has 2 aromatic carbocycles. The van der Waals surface area contributed by atoms with Crippen molar-refractivity contribution in [3.63, 3.8) is 0 Å². The van der Waals surface area contributed by atoms with Gasteiger partial charge in [-0.3, -0.25) is 19.4 Å². The van der Waals surface area contributed by atoms with Gasteiger partial charge in [-0.05, 0) is 29.3 Å². The quantitative estimate of drug-likeness (QED) is 0.395. The molecule has 11 heteroatoms. The predicted molar refractivity (Wildman–Crippen MR) is 152 cm³/mol. The highest BCUT2D eigenvalue weighted by Gasteiger charge is 2.35. The summed E-state index contributed by atoms with van der Waals surface area (Å²) in [5, 5.41) is 0.891. The van der Waals surface area contributed by atoms with Gasteiger partial charge in [0, 0.05) is 34.8 Å². The minimum atomic E-state index is -0.674. The molecule has 2 heterocycles. The Morgan fingerprint density at radius 3 is 1.85 bits per heavy atom. The van der Waals surface area contributed by atoms with Gasteiger partial charge >= 0.3 is 11.9 Å². The minimum absolute atomic E-state index is 0.0350. The van der Waals surface area contributed by atoms with Crippen molar-refractivity contribution in [2.75, 3.05) is 40.4 Å². The molecular formula is C28H30Cl2N2O6S. The van der Waals surface area contributed by atoms with Crippen LogP contribution in [-0.4, -0.2) is 79.0 Å². The van der Waals surface area contributed by atoms with Gasteiger partial charge in [-0.1, -0.05) is 65.7 Å². The predicted octanol–water partition coefficient (Wildman–Crippen LogP) is 4.12. The number of carbonyl (C=O) groups is 4. The van der Waals surface area contributed by atoms with Crippen LogP contribution >= 0.6 is 35.8 Å². The fourth-order valence-corrected chi connectivity index (χ4v) is 5.44. The monoisotopic (exact) mass is 592 g/mol. The van der Waals surface area contributed by atoms with Crippen molar-refractivity contribution in [2.24, 2.45) is 0 Å². The van der Waals surface area contributed by atoms with Gasteiger partial charge in [0.25, 0.3) is 0 Å². The van der Waals surface area contributed by atoms with Crippen molar-refractivity contribution in [2.45, 2.75) is 23.8 Å². The van der Waals surface area contributed by atoms with Crippen LogP contribution in [0.1, 0.15) is 29.6 Å². The summed E-state index contributed by atoms with van der Waals surface area (Å²) in [6, 6.07) is 12.8. The normalized spacial score (nSPS) is 19.5. The van der Waals surface area contributed by atoms with E-state index in [9.17, 15) is 19.2 Å². The second kappa shape index (κ2) is 14.6. The molecule has 0 radical (unpaired) electrons. The Kier molecular flexibility index (Phi) is 11.6. The summed E-state index contributed by atoms with van der Waals surface area (Å²) in [5.41, 5.74) is 1.30. The molecule has 0 aromatic heterocycles. The van der Waals surface area contributed by atoms with E-state index in [1.54, 1.807) is 64.4 Å². The van der Waals surface area contributed by atoms with Gasteiger partial charge in [-0.2, -0.15) is 12.6 Å². The number of likely N-dealkylation sites (tertiary alicyclic amines) is 1. The maximum absolute atomic E-state index is 12.1. The van der Waals surface area contributed by atoms with E-state index in [1.165, 1.54) is 20.3 Å². The van der Waals surface area contributed by atoms with Crippen molar-refractivity contribution in [3.05, 3.63) is 81.9 Å². The van der Waals surface area contributed by atoms with Crippen LogP contribution < -0.4 is 0 Å². The summed E-state index contributed by atoms with van der Waals surface area (Å²) < 4.78 is 9.71. The first-order chi connectivity index (χ1) is 18.7. The highest BCUT2D eigenvalue weighted by atomic mass is 35.5. The number of hydrogen-bond acceptors (Lipinski definition) is 9. The molecule has 208 valence electrons. The van der Waals surface area contributed by atoms with Gasteiger partial charge in [0.15, 0.2) is 5.78 Å². The number of halogens is 2. The van der Waals surface area contributed by atoms with Crippen LogP contribution in [0.5, 0.6) is 0 Å². The summed E-state index contributed by atoms with van der Waals surface area (Å²) >= 11 is 16.7. The number of ether oxygens (including phenoxy) is 2. The number of rotatable bonds is 6. The molecule has 3 unspecified atom stereocenters. The van der Waals surface area contributed by atoms with E-state index in [0.29, 0.717) is 40.7 Å². The Labute approximate surface area is 243 Å². The van der Waals surface area contributed by atoms with Gasteiger partial charge in [-0.15, -0.1) is 0 Å². The Morgan fingerprint density at radius 2 is 1.38 bits per heavy atom. The number of benzene rings is 2. The molecule has 2 aliphatic heterocycles. The van der Waals surface area contributed by atoms with Crippen LogP contribution in [0.2, 0.25) is 10.0 Å². The second-order valence-corrected chi connectivity index (χ2v) is 10.6. The van der Waals surface area contributed by atoms with Crippen molar-refractivity contribution < 1.29 is 28.7 Å². The first kappa shape index (κ1) is 30.8. The molecular weight excluding hydrogens is 563 g/mol. The molecule has 4 rings (SSSR count). The zero-order valence-electron chi connectivity index (χ0n) is 21.6. The number of piperidine rings is 1. The molecule has 2 aliphatic rings. The summed E-state index contributed by atoms with van der Waals surface area (Å²) in [6.45, 7) is 1.44. The van der Waals surface area contributed by atoms with Crippen molar-refractivity contribution >= 4 is 59.3 Å². The smallest absolute Gasteiger partial charge is 0.327 e. The van der Waals surface area contributed by atoms with E-state index in [0.717, 1.165) is 0 Å². The topological polar surface area (TPSA) is 93.2 Å². The molecule has 1 saturated heterocycles. The zero-order chi connectivity index (χ0) is 28.5. The molecule has 0 spiro atoms. The maximum atomic E-state index is 12.1. The average Bonchev–Trinajstić information content (AvgIpc) is 2.91. The van der Waals surface area contributed by atoms with Crippen LogP contribution in [0.25, 0.3) is 0 Å². The van der Waals surface area contributed by atoms with Crippen LogP contribution in [0.4, 0.5) is 0 Å². The van der Waals surface area contributed by atoms with Gasteiger partial charge < -0.3 is 9.47 Å². The van der Waals surface area contributed by atoms with Gasteiger partial charge in [0.1, 0.15) is 17.9 Å². The lowest BCUT2D eigenvalue weighted by molar-refractivity contribution is -0.149. The summed E-state index contributed by atoms with van der Waals surface area (Å²) in [7, 11) is 2.66. The number of Topliss-reactive ketones (excluding diaryl/α,β-unsaturated/α-hetero) is 1. The summed E-state index contributed by atoms with van der Waals surface area (Å²) in [4.78, 5) is 50.9. The van der Waals surface area contributed by atoms with E-state index >= 15 is 0 Å². The van der Waals surface area contributed by atoms with Crippen LogP contribution in [0, 0.1) is 0 Å². The van der Waals surface area contributed by atoms with Gasteiger partial charge in [-0.25, -0.2) is 9.59 Å². The van der Waals surface area contributed by atoms with Crippen LogP contribution in [0.3, 0.4) is 0 Å². The summed E-state index contributed by atoms with van der Waals surface area (Å²) in [6.07, 6.45) is 3.69. The minimum Gasteiger partial charge on any atom is -0.468 e. The van der Waals surface area contributed by atoms with E-state index in [-0.39, 0.29) is 29.9 Å². The van der Waals surface area contributed by atoms with Crippen LogP contribution in [-0.2, 0) is 28.7 Å². The lowest BCUT2D eigenvalue weighted by Crippen LogP contribution is -2.46. The Hall–Kier alpha value is -2.69. The van der Waals surface area contributed by atoms with Crippen molar-refractivity contribution in [1.82, 2.24) is 9.80 Å². The van der Waals surface area contributed by atoms with E-state index in [1.807, 2.05) is 0 Å².